The highest BCUT2D eigenvalue weighted by Gasteiger charge is 2.28. The van der Waals surface area contributed by atoms with Crippen LogP contribution in [-0.2, 0) is 0 Å². The average Bonchev–Trinajstić information content (AvgIpc) is 2.02. The molecule has 0 unspecified atom stereocenters. The smallest absolute Gasteiger partial charge is 0.0860 e. The van der Waals surface area contributed by atoms with Crippen molar-refractivity contribution in [1.29, 1.82) is 0 Å². The molecule has 70 valence electrons. The van der Waals surface area contributed by atoms with E-state index in [1.54, 1.807) is 0 Å². The molecule has 0 atom stereocenters. The van der Waals surface area contributed by atoms with Crippen molar-refractivity contribution in [3.05, 3.63) is 11.1 Å². The maximum absolute atomic E-state index is 6.02. The van der Waals surface area contributed by atoms with Gasteiger partial charge in [0.2, 0.25) is 0 Å². The monoisotopic (exact) mass is 168 g/mol. The molecule has 0 heterocycles. The highest BCUT2D eigenvalue weighted by Crippen LogP contribution is 2.31. The molecule has 0 spiro atoms. The first kappa shape index (κ1) is 9.75. The maximum atomic E-state index is 6.02. The van der Waals surface area contributed by atoms with Crippen molar-refractivity contribution in [3.8, 4) is 0 Å². The normalized spacial score (nSPS) is 23.0. The minimum Gasteiger partial charge on any atom is -0.310 e. The Kier molecular flexibility index (Phi) is 2.91. The van der Waals surface area contributed by atoms with Crippen LogP contribution in [0.5, 0.6) is 0 Å². The minimum absolute atomic E-state index is 0.502. The van der Waals surface area contributed by atoms with Crippen LogP contribution in [0.4, 0.5) is 0 Å². The van der Waals surface area contributed by atoms with Gasteiger partial charge in [0.1, 0.15) is 0 Å². The molecule has 0 saturated heterocycles. The van der Waals surface area contributed by atoms with Gasteiger partial charge in [-0.25, -0.2) is 0 Å². The van der Waals surface area contributed by atoms with E-state index in [4.69, 9.17) is 11.5 Å². The molecule has 4 N–H and O–H groups in total. The first-order chi connectivity index (χ1) is 5.61. The summed E-state index contributed by atoms with van der Waals surface area (Å²) in [6, 6.07) is 0. The van der Waals surface area contributed by atoms with Gasteiger partial charge in [-0.1, -0.05) is 19.4 Å². The summed E-state index contributed by atoms with van der Waals surface area (Å²) in [5.41, 5.74) is 14.3. The molecular weight excluding hydrogens is 148 g/mol. The standard InChI is InChI=1S/C10H20N2/c1-3-8-6-5-7-10(11,12)9(8)4-2/h3-7,11-12H2,1-2H3. The van der Waals surface area contributed by atoms with Crippen molar-refractivity contribution in [3.63, 3.8) is 0 Å². The van der Waals surface area contributed by atoms with Gasteiger partial charge < -0.3 is 11.5 Å². The lowest BCUT2D eigenvalue weighted by molar-refractivity contribution is 0.416. The Hall–Kier alpha value is -0.340. The molecule has 1 aliphatic carbocycles. The molecule has 0 bridgehead atoms. The SMILES string of the molecule is CCC1=C(CC)C(N)(N)CCC1. The van der Waals surface area contributed by atoms with Crippen molar-refractivity contribution in [2.75, 3.05) is 0 Å². The molecule has 0 aliphatic heterocycles. The lowest BCUT2D eigenvalue weighted by Gasteiger charge is -2.34. The van der Waals surface area contributed by atoms with Crippen LogP contribution in [0, 0.1) is 0 Å². The summed E-state index contributed by atoms with van der Waals surface area (Å²) >= 11 is 0. The third kappa shape index (κ3) is 1.70. The molecule has 2 nitrogen and oxygen atoms in total. The summed E-state index contributed by atoms with van der Waals surface area (Å²) in [7, 11) is 0. The summed E-state index contributed by atoms with van der Waals surface area (Å²) in [4.78, 5) is 0. The summed E-state index contributed by atoms with van der Waals surface area (Å²) in [5, 5.41) is 0. The van der Waals surface area contributed by atoms with Crippen molar-refractivity contribution in [2.24, 2.45) is 11.5 Å². The molecule has 0 fully saturated rings. The van der Waals surface area contributed by atoms with Crippen molar-refractivity contribution < 1.29 is 0 Å². The summed E-state index contributed by atoms with van der Waals surface area (Å²) in [6.45, 7) is 4.33. The number of hydrogen-bond donors (Lipinski definition) is 2. The van der Waals surface area contributed by atoms with E-state index in [-0.39, 0.29) is 0 Å². The fraction of sp³-hybridized carbons (Fsp3) is 0.800. The molecule has 0 aromatic carbocycles. The van der Waals surface area contributed by atoms with Crippen LogP contribution in [-0.4, -0.2) is 5.66 Å². The number of rotatable bonds is 2. The van der Waals surface area contributed by atoms with Crippen LogP contribution in [0.25, 0.3) is 0 Å². The van der Waals surface area contributed by atoms with Crippen LogP contribution in [0.3, 0.4) is 0 Å². The molecule has 0 aromatic heterocycles. The zero-order valence-electron chi connectivity index (χ0n) is 8.19. The average molecular weight is 168 g/mol. The van der Waals surface area contributed by atoms with Gasteiger partial charge in [-0.2, -0.15) is 0 Å². The van der Waals surface area contributed by atoms with E-state index in [0.29, 0.717) is 0 Å². The predicted octanol–water partition coefficient (Wildman–Crippen LogP) is 1.90. The van der Waals surface area contributed by atoms with Crippen molar-refractivity contribution in [1.82, 2.24) is 0 Å². The van der Waals surface area contributed by atoms with Crippen LogP contribution >= 0.6 is 0 Å². The molecule has 0 radical (unpaired) electrons. The van der Waals surface area contributed by atoms with E-state index in [1.807, 2.05) is 0 Å². The lowest BCUT2D eigenvalue weighted by atomic mass is 9.81. The van der Waals surface area contributed by atoms with Gasteiger partial charge >= 0.3 is 0 Å². The molecule has 0 amide bonds. The second kappa shape index (κ2) is 3.58. The van der Waals surface area contributed by atoms with E-state index >= 15 is 0 Å². The highest BCUT2D eigenvalue weighted by molar-refractivity contribution is 5.26. The van der Waals surface area contributed by atoms with Gasteiger partial charge in [0.15, 0.2) is 0 Å². The highest BCUT2D eigenvalue weighted by atomic mass is 15.0. The van der Waals surface area contributed by atoms with Crippen LogP contribution in [0.2, 0.25) is 0 Å². The summed E-state index contributed by atoms with van der Waals surface area (Å²) < 4.78 is 0. The molecule has 1 aliphatic rings. The molecule has 2 heteroatoms. The molecule has 12 heavy (non-hydrogen) atoms. The van der Waals surface area contributed by atoms with Gasteiger partial charge in [-0.15, -0.1) is 0 Å². The van der Waals surface area contributed by atoms with Gasteiger partial charge in [-0.3, -0.25) is 0 Å². The van der Waals surface area contributed by atoms with E-state index in [0.717, 1.165) is 25.7 Å². The minimum atomic E-state index is -0.502. The van der Waals surface area contributed by atoms with Gasteiger partial charge in [0.25, 0.3) is 0 Å². The Morgan fingerprint density at radius 3 is 2.33 bits per heavy atom. The van der Waals surface area contributed by atoms with Crippen LogP contribution in [0.1, 0.15) is 46.0 Å². The van der Waals surface area contributed by atoms with E-state index in [9.17, 15) is 0 Å². The maximum Gasteiger partial charge on any atom is 0.0860 e. The Labute approximate surface area is 75.0 Å². The lowest BCUT2D eigenvalue weighted by Crippen LogP contribution is -2.52. The Balaban J connectivity index is 2.94. The van der Waals surface area contributed by atoms with Crippen molar-refractivity contribution in [2.45, 2.75) is 51.6 Å². The van der Waals surface area contributed by atoms with Gasteiger partial charge in [0, 0.05) is 0 Å². The first-order valence-electron chi connectivity index (χ1n) is 4.91. The van der Waals surface area contributed by atoms with Crippen molar-refractivity contribution >= 4 is 0 Å². The van der Waals surface area contributed by atoms with E-state index in [1.165, 1.54) is 17.6 Å². The largest absolute Gasteiger partial charge is 0.310 e. The number of hydrogen-bond acceptors (Lipinski definition) is 2. The van der Waals surface area contributed by atoms with E-state index in [2.05, 4.69) is 13.8 Å². The zero-order chi connectivity index (χ0) is 9.19. The molecule has 0 saturated carbocycles. The van der Waals surface area contributed by atoms with E-state index < -0.39 is 5.66 Å². The fourth-order valence-electron chi connectivity index (χ4n) is 2.19. The first-order valence-corrected chi connectivity index (χ1v) is 4.91. The summed E-state index contributed by atoms with van der Waals surface area (Å²) in [6.07, 6.45) is 5.42. The Morgan fingerprint density at radius 2 is 1.92 bits per heavy atom. The number of allylic oxidation sites excluding steroid dienone is 1. The third-order valence-electron chi connectivity index (χ3n) is 2.84. The molecule has 1 rings (SSSR count). The van der Waals surface area contributed by atoms with Crippen LogP contribution in [0.15, 0.2) is 11.1 Å². The quantitative estimate of drug-likeness (QED) is 0.489. The fourth-order valence-corrected chi connectivity index (χ4v) is 2.19. The van der Waals surface area contributed by atoms with Gasteiger partial charge in [-0.05, 0) is 37.7 Å². The molecule has 0 aromatic rings. The second-order valence-corrected chi connectivity index (χ2v) is 3.68. The zero-order valence-corrected chi connectivity index (χ0v) is 8.19. The topological polar surface area (TPSA) is 52.0 Å². The molecular formula is C10H20N2. The Morgan fingerprint density at radius 1 is 1.25 bits per heavy atom. The van der Waals surface area contributed by atoms with Gasteiger partial charge in [0.05, 0.1) is 5.66 Å². The van der Waals surface area contributed by atoms with Crippen LogP contribution < -0.4 is 11.5 Å². The number of nitrogens with two attached hydrogens (primary N) is 2. The predicted molar refractivity (Wildman–Crippen MR) is 52.6 cm³/mol. The second-order valence-electron chi connectivity index (χ2n) is 3.68. The third-order valence-corrected chi connectivity index (χ3v) is 2.84. The Bertz CT molecular complexity index is 192. The summed E-state index contributed by atoms with van der Waals surface area (Å²) in [5.74, 6) is 0.